The Kier molecular flexibility index (Phi) is 4.94. The number of piperidine rings is 1. The largest absolute Gasteiger partial charge is 0.393 e. The Morgan fingerprint density at radius 1 is 1.35 bits per heavy atom. The molecule has 0 aromatic heterocycles. The third kappa shape index (κ3) is 3.27. The van der Waals surface area contributed by atoms with Crippen LogP contribution in [0.3, 0.4) is 0 Å². The molecule has 0 spiro atoms. The van der Waals surface area contributed by atoms with E-state index in [2.05, 4.69) is 5.32 Å². The number of benzene rings is 1. The maximum absolute atomic E-state index is 14.2. The molecule has 0 aliphatic carbocycles. The molecule has 1 aliphatic rings. The quantitative estimate of drug-likeness (QED) is 0.890. The molecule has 1 fully saturated rings. The van der Waals surface area contributed by atoms with E-state index in [-0.39, 0.29) is 17.7 Å². The van der Waals surface area contributed by atoms with E-state index in [4.69, 9.17) is 0 Å². The van der Waals surface area contributed by atoms with Crippen LogP contribution in [0.25, 0.3) is 0 Å². The number of aliphatic hydroxyl groups is 1. The summed E-state index contributed by atoms with van der Waals surface area (Å²) in [5.41, 5.74) is 0.639. The zero-order valence-electron chi connectivity index (χ0n) is 12.0. The Hall–Kier alpha value is -1.20. The molecular formula is C15H22F2N2O. The zero-order valence-corrected chi connectivity index (χ0v) is 12.0. The van der Waals surface area contributed by atoms with E-state index in [0.29, 0.717) is 31.6 Å². The third-order valence-corrected chi connectivity index (χ3v) is 3.83. The van der Waals surface area contributed by atoms with Crippen LogP contribution in [-0.4, -0.2) is 30.8 Å². The van der Waals surface area contributed by atoms with Gasteiger partial charge in [0.1, 0.15) is 17.3 Å². The number of anilines is 1. The van der Waals surface area contributed by atoms with Crippen molar-refractivity contribution in [1.29, 1.82) is 0 Å². The number of hydrogen-bond donors (Lipinski definition) is 2. The molecule has 1 heterocycles. The van der Waals surface area contributed by atoms with Crippen molar-refractivity contribution in [3.63, 3.8) is 0 Å². The molecule has 0 saturated carbocycles. The van der Waals surface area contributed by atoms with Gasteiger partial charge in [-0.1, -0.05) is 13.8 Å². The van der Waals surface area contributed by atoms with Crippen LogP contribution in [0.5, 0.6) is 0 Å². The average Bonchev–Trinajstić information content (AvgIpc) is 2.39. The normalized spacial score (nSPS) is 23.1. The van der Waals surface area contributed by atoms with E-state index in [1.165, 1.54) is 12.1 Å². The van der Waals surface area contributed by atoms with Crippen molar-refractivity contribution in [2.75, 3.05) is 24.5 Å². The van der Waals surface area contributed by atoms with Crippen molar-refractivity contribution in [3.8, 4) is 0 Å². The smallest absolute Gasteiger partial charge is 0.149 e. The van der Waals surface area contributed by atoms with E-state index < -0.39 is 11.6 Å². The van der Waals surface area contributed by atoms with Gasteiger partial charge >= 0.3 is 0 Å². The lowest BCUT2D eigenvalue weighted by Crippen LogP contribution is -2.42. The summed E-state index contributed by atoms with van der Waals surface area (Å²) in [6.07, 6.45) is 0.157. The minimum absolute atomic E-state index is 0.0176. The average molecular weight is 284 g/mol. The number of aliphatic hydroxyl groups excluding tert-OH is 1. The second kappa shape index (κ2) is 6.50. The lowest BCUT2D eigenvalue weighted by atomic mass is 9.96. The van der Waals surface area contributed by atoms with E-state index in [1.54, 1.807) is 4.90 Å². The standard InChI is InChI=1S/C15H22F2N2O/c1-3-18-8-11-6-12(16)15(13(17)7-11)19-5-4-14(20)10(2)9-19/h6-7,10,14,18,20H,3-5,8-9H2,1-2H3. The molecular weight excluding hydrogens is 262 g/mol. The Morgan fingerprint density at radius 2 is 2.00 bits per heavy atom. The van der Waals surface area contributed by atoms with Crippen LogP contribution in [0.2, 0.25) is 0 Å². The van der Waals surface area contributed by atoms with Gasteiger partial charge in [-0.25, -0.2) is 8.78 Å². The Labute approximate surface area is 118 Å². The highest BCUT2D eigenvalue weighted by Crippen LogP contribution is 2.29. The van der Waals surface area contributed by atoms with Gasteiger partial charge in [0.15, 0.2) is 0 Å². The SMILES string of the molecule is CCNCc1cc(F)c(N2CCC(O)C(C)C2)c(F)c1. The molecule has 5 heteroatoms. The fourth-order valence-electron chi connectivity index (χ4n) is 2.63. The Balaban J connectivity index is 2.19. The number of nitrogens with one attached hydrogen (secondary N) is 1. The number of rotatable bonds is 4. The van der Waals surface area contributed by atoms with Crippen LogP contribution >= 0.6 is 0 Å². The molecule has 1 aromatic rings. The molecule has 1 aromatic carbocycles. The monoisotopic (exact) mass is 284 g/mol. The van der Waals surface area contributed by atoms with Crippen LogP contribution < -0.4 is 10.2 Å². The van der Waals surface area contributed by atoms with E-state index in [9.17, 15) is 13.9 Å². The molecule has 3 nitrogen and oxygen atoms in total. The van der Waals surface area contributed by atoms with Gasteiger partial charge in [0.2, 0.25) is 0 Å². The summed E-state index contributed by atoms with van der Waals surface area (Å²) in [6, 6.07) is 2.77. The van der Waals surface area contributed by atoms with Crippen LogP contribution in [0.4, 0.5) is 14.5 Å². The first kappa shape index (κ1) is 15.2. The molecule has 112 valence electrons. The molecule has 2 unspecified atom stereocenters. The second-order valence-corrected chi connectivity index (χ2v) is 5.47. The molecule has 0 radical (unpaired) electrons. The summed E-state index contributed by atoms with van der Waals surface area (Å²) in [6.45, 7) is 6.01. The summed E-state index contributed by atoms with van der Waals surface area (Å²) in [5.74, 6) is -1.04. The van der Waals surface area contributed by atoms with E-state index in [1.807, 2.05) is 13.8 Å². The zero-order chi connectivity index (χ0) is 14.7. The number of hydrogen-bond acceptors (Lipinski definition) is 3. The highest BCUT2D eigenvalue weighted by molar-refractivity contribution is 5.51. The summed E-state index contributed by atoms with van der Waals surface area (Å²) in [7, 11) is 0. The topological polar surface area (TPSA) is 35.5 Å². The van der Waals surface area contributed by atoms with Crippen molar-refractivity contribution in [3.05, 3.63) is 29.3 Å². The van der Waals surface area contributed by atoms with Crippen molar-refractivity contribution >= 4 is 5.69 Å². The molecule has 2 N–H and O–H groups in total. The van der Waals surface area contributed by atoms with Gasteiger partial charge in [-0.15, -0.1) is 0 Å². The van der Waals surface area contributed by atoms with Gasteiger partial charge in [-0.3, -0.25) is 0 Å². The van der Waals surface area contributed by atoms with Crippen molar-refractivity contribution in [2.45, 2.75) is 32.9 Å². The Bertz CT molecular complexity index is 444. The fraction of sp³-hybridized carbons (Fsp3) is 0.600. The number of halogens is 2. The molecule has 1 aliphatic heterocycles. The summed E-state index contributed by atoms with van der Waals surface area (Å²) in [4.78, 5) is 1.69. The lowest BCUT2D eigenvalue weighted by Gasteiger charge is -2.36. The third-order valence-electron chi connectivity index (χ3n) is 3.83. The summed E-state index contributed by atoms with van der Waals surface area (Å²) in [5, 5.41) is 12.8. The van der Waals surface area contributed by atoms with Crippen LogP contribution in [-0.2, 0) is 6.54 Å². The van der Waals surface area contributed by atoms with Gasteiger partial charge in [0.25, 0.3) is 0 Å². The first-order chi connectivity index (χ1) is 9.52. The van der Waals surface area contributed by atoms with Gasteiger partial charge in [0, 0.05) is 19.6 Å². The fourth-order valence-corrected chi connectivity index (χ4v) is 2.63. The van der Waals surface area contributed by atoms with Gasteiger partial charge in [-0.2, -0.15) is 0 Å². The van der Waals surface area contributed by atoms with Crippen LogP contribution in [0, 0.1) is 17.6 Å². The maximum atomic E-state index is 14.2. The van der Waals surface area contributed by atoms with Crippen LogP contribution in [0.1, 0.15) is 25.8 Å². The first-order valence-corrected chi connectivity index (χ1v) is 7.14. The van der Waals surface area contributed by atoms with Gasteiger partial charge < -0.3 is 15.3 Å². The minimum atomic E-state index is -0.526. The molecule has 2 rings (SSSR count). The Morgan fingerprint density at radius 3 is 2.55 bits per heavy atom. The predicted molar refractivity (Wildman–Crippen MR) is 75.7 cm³/mol. The number of nitrogens with zero attached hydrogens (tertiary/aromatic N) is 1. The predicted octanol–water partition coefficient (Wildman–Crippen LogP) is 2.28. The van der Waals surface area contributed by atoms with Gasteiger partial charge in [-0.05, 0) is 36.6 Å². The molecule has 1 saturated heterocycles. The summed E-state index contributed by atoms with van der Waals surface area (Å²) < 4.78 is 28.4. The minimum Gasteiger partial charge on any atom is -0.393 e. The lowest BCUT2D eigenvalue weighted by molar-refractivity contribution is 0.0966. The second-order valence-electron chi connectivity index (χ2n) is 5.47. The summed E-state index contributed by atoms with van der Waals surface area (Å²) >= 11 is 0. The van der Waals surface area contributed by atoms with Crippen LogP contribution in [0.15, 0.2) is 12.1 Å². The van der Waals surface area contributed by atoms with Gasteiger partial charge in [0.05, 0.1) is 6.10 Å². The van der Waals surface area contributed by atoms with Crippen molar-refractivity contribution in [2.24, 2.45) is 5.92 Å². The maximum Gasteiger partial charge on any atom is 0.149 e. The van der Waals surface area contributed by atoms with E-state index >= 15 is 0 Å². The van der Waals surface area contributed by atoms with E-state index in [0.717, 1.165) is 6.54 Å². The molecule has 0 bridgehead atoms. The highest BCUT2D eigenvalue weighted by atomic mass is 19.1. The molecule has 2 atom stereocenters. The van der Waals surface area contributed by atoms with Crippen molar-refractivity contribution < 1.29 is 13.9 Å². The highest BCUT2D eigenvalue weighted by Gasteiger charge is 2.27. The van der Waals surface area contributed by atoms with Crippen molar-refractivity contribution in [1.82, 2.24) is 5.32 Å². The molecule has 0 amide bonds. The first-order valence-electron chi connectivity index (χ1n) is 7.14. The molecule has 20 heavy (non-hydrogen) atoms.